The van der Waals surface area contributed by atoms with E-state index in [4.69, 9.17) is 4.74 Å². The normalized spacial score (nSPS) is 10.8. The van der Waals surface area contributed by atoms with Crippen LogP contribution in [0.3, 0.4) is 0 Å². The molecular weight excluding hydrogens is 348 g/mol. The SMILES string of the molecule is Cc1ccc(NC(=O)COc2cccc(C=Nc3ccccc3C)c2)cc1C. The maximum Gasteiger partial charge on any atom is 0.262 e. The van der Waals surface area contributed by atoms with Gasteiger partial charge in [-0.15, -0.1) is 0 Å². The van der Waals surface area contributed by atoms with E-state index in [9.17, 15) is 4.79 Å². The van der Waals surface area contributed by atoms with Crippen LogP contribution in [0.2, 0.25) is 0 Å². The Labute approximate surface area is 165 Å². The topological polar surface area (TPSA) is 50.7 Å². The first-order chi connectivity index (χ1) is 13.5. The van der Waals surface area contributed by atoms with E-state index >= 15 is 0 Å². The Balaban J connectivity index is 1.59. The van der Waals surface area contributed by atoms with Gasteiger partial charge < -0.3 is 10.1 Å². The molecule has 0 atom stereocenters. The van der Waals surface area contributed by atoms with Gasteiger partial charge in [-0.3, -0.25) is 9.79 Å². The van der Waals surface area contributed by atoms with E-state index < -0.39 is 0 Å². The first-order valence-corrected chi connectivity index (χ1v) is 9.21. The van der Waals surface area contributed by atoms with Crippen LogP contribution in [0.4, 0.5) is 11.4 Å². The lowest BCUT2D eigenvalue weighted by Gasteiger charge is -2.09. The number of amides is 1. The van der Waals surface area contributed by atoms with Crippen LogP contribution in [0.15, 0.2) is 71.7 Å². The summed E-state index contributed by atoms with van der Waals surface area (Å²) in [5.74, 6) is 0.436. The van der Waals surface area contributed by atoms with Crippen molar-refractivity contribution < 1.29 is 9.53 Å². The van der Waals surface area contributed by atoms with Crippen molar-refractivity contribution in [3.63, 3.8) is 0 Å². The Hall–Kier alpha value is -3.40. The number of nitrogens with zero attached hydrogens (tertiary/aromatic N) is 1. The van der Waals surface area contributed by atoms with Gasteiger partial charge in [-0.25, -0.2) is 0 Å². The molecule has 0 unspecified atom stereocenters. The number of ether oxygens (including phenoxy) is 1. The van der Waals surface area contributed by atoms with E-state index in [0.29, 0.717) is 5.75 Å². The number of aliphatic imine (C=N–C) groups is 1. The summed E-state index contributed by atoms with van der Waals surface area (Å²) in [6.07, 6.45) is 1.80. The number of nitrogens with one attached hydrogen (secondary N) is 1. The third-order valence-electron chi connectivity index (χ3n) is 4.49. The number of para-hydroxylation sites is 1. The Bertz CT molecular complexity index is 1010. The molecule has 0 aliphatic carbocycles. The van der Waals surface area contributed by atoms with Gasteiger partial charge in [-0.1, -0.05) is 36.4 Å². The summed E-state index contributed by atoms with van der Waals surface area (Å²) in [6.45, 7) is 6.04. The molecule has 0 aromatic heterocycles. The molecule has 0 aliphatic rings. The average molecular weight is 372 g/mol. The lowest BCUT2D eigenvalue weighted by Crippen LogP contribution is -2.20. The summed E-state index contributed by atoms with van der Waals surface area (Å²) in [5.41, 5.74) is 6.07. The summed E-state index contributed by atoms with van der Waals surface area (Å²) in [6, 6.07) is 21.3. The second-order valence-corrected chi connectivity index (χ2v) is 6.75. The summed E-state index contributed by atoms with van der Waals surface area (Å²) >= 11 is 0. The van der Waals surface area contributed by atoms with Crippen LogP contribution < -0.4 is 10.1 Å². The number of carbonyl (C=O) groups is 1. The highest BCUT2D eigenvalue weighted by Gasteiger charge is 2.05. The van der Waals surface area contributed by atoms with Gasteiger partial charge >= 0.3 is 0 Å². The van der Waals surface area contributed by atoms with E-state index in [2.05, 4.69) is 10.3 Å². The Morgan fingerprint density at radius 3 is 2.54 bits per heavy atom. The smallest absolute Gasteiger partial charge is 0.262 e. The fourth-order valence-corrected chi connectivity index (χ4v) is 2.70. The van der Waals surface area contributed by atoms with Crippen molar-refractivity contribution in [1.82, 2.24) is 0 Å². The number of aryl methyl sites for hydroxylation is 3. The first-order valence-electron chi connectivity index (χ1n) is 9.21. The quantitative estimate of drug-likeness (QED) is 0.591. The standard InChI is InChI=1S/C24H24N2O2/c1-17-11-12-21(13-19(17)3)26-24(27)16-28-22-9-6-8-20(14-22)15-25-23-10-5-4-7-18(23)2/h4-15H,16H2,1-3H3,(H,26,27). The van der Waals surface area contributed by atoms with E-state index in [1.54, 1.807) is 6.21 Å². The second-order valence-electron chi connectivity index (χ2n) is 6.75. The van der Waals surface area contributed by atoms with Gasteiger partial charge in [0.15, 0.2) is 6.61 Å². The molecule has 0 fully saturated rings. The average Bonchev–Trinajstić information content (AvgIpc) is 2.69. The molecule has 0 spiro atoms. The van der Waals surface area contributed by atoms with Gasteiger partial charge in [-0.05, 0) is 73.4 Å². The predicted octanol–water partition coefficient (Wildman–Crippen LogP) is 5.38. The lowest BCUT2D eigenvalue weighted by molar-refractivity contribution is -0.118. The zero-order valence-corrected chi connectivity index (χ0v) is 16.4. The van der Waals surface area contributed by atoms with Crippen molar-refractivity contribution in [3.05, 3.63) is 89.0 Å². The Morgan fingerprint density at radius 2 is 1.75 bits per heavy atom. The highest BCUT2D eigenvalue weighted by Crippen LogP contribution is 2.18. The fourth-order valence-electron chi connectivity index (χ4n) is 2.70. The van der Waals surface area contributed by atoms with E-state index in [0.717, 1.165) is 28.1 Å². The monoisotopic (exact) mass is 372 g/mol. The minimum atomic E-state index is -0.192. The molecule has 1 amide bonds. The molecule has 3 rings (SSSR count). The Kier molecular flexibility index (Phi) is 6.22. The number of hydrogen-bond acceptors (Lipinski definition) is 3. The minimum Gasteiger partial charge on any atom is -0.484 e. The third-order valence-corrected chi connectivity index (χ3v) is 4.49. The minimum absolute atomic E-state index is 0.0503. The molecule has 0 saturated carbocycles. The van der Waals surface area contributed by atoms with E-state index in [1.165, 1.54) is 5.56 Å². The number of hydrogen-bond donors (Lipinski definition) is 1. The molecular formula is C24H24N2O2. The largest absolute Gasteiger partial charge is 0.484 e. The molecule has 3 aromatic carbocycles. The summed E-state index contributed by atoms with van der Waals surface area (Å²) in [7, 11) is 0. The maximum atomic E-state index is 12.2. The van der Waals surface area contributed by atoms with Gasteiger partial charge in [0.25, 0.3) is 5.91 Å². The Morgan fingerprint density at radius 1 is 0.929 bits per heavy atom. The first kappa shape index (κ1) is 19.4. The third kappa shape index (κ3) is 5.30. The van der Waals surface area contributed by atoms with Crippen molar-refractivity contribution in [2.75, 3.05) is 11.9 Å². The van der Waals surface area contributed by atoms with Crippen molar-refractivity contribution in [2.24, 2.45) is 4.99 Å². The van der Waals surface area contributed by atoms with Crippen molar-refractivity contribution in [3.8, 4) is 5.75 Å². The molecule has 4 nitrogen and oxygen atoms in total. The van der Waals surface area contributed by atoms with Gasteiger partial charge in [-0.2, -0.15) is 0 Å². The van der Waals surface area contributed by atoms with Gasteiger partial charge in [0.2, 0.25) is 0 Å². The summed E-state index contributed by atoms with van der Waals surface area (Å²) in [5, 5.41) is 2.86. The van der Waals surface area contributed by atoms with Crippen LogP contribution in [0, 0.1) is 20.8 Å². The van der Waals surface area contributed by atoms with Gasteiger partial charge in [0, 0.05) is 11.9 Å². The van der Waals surface area contributed by atoms with Crippen LogP contribution in [0.5, 0.6) is 5.75 Å². The van der Waals surface area contributed by atoms with Crippen LogP contribution >= 0.6 is 0 Å². The van der Waals surface area contributed by atoms with Crippen LogP contribution in [0.25, 0.3) is 0 Å². The summed E-state index contributed by atoms with van der Waals surface area (Å²) < 4.78 is 5.64. The zero-order valence-electron chi connectivity index (χ0n) is 16.4. The zero-order chi connectivity index (χ0) is 19.9. The molecule has 4 heteroatoms. The van der Waals surface area contributed by atoms with E-state index in [-0.39, 0.29) is 12.5 Å². The molecule has 3 aromatic rings. The number of anilines is 1. The molecule has 0 bridgehead atoms. The van der Waals surface area contributed by atoms with Crippen LogP contribution in [-0.2, 0) is 4.79 Å². The number of rotatable bonds is 6. The van der Waals surface area contributed by atoms with Crippen LogP contribution in [-0.4, -0.2) is 18.7 Å². The molecule has 0 heterocycles. The maximum absolute atomic E-state index is 12.2. The molecule has 28 heavy (non-hydrogen) atoms. The number of benzene rings is 3. The van der Waals surface area contributed by atoms with Crippen LogP contribution in [0.1, 0.15) is 22.3 Å². The van der Waals surface area contributed by atoms with Crippen molar-refractivity contribution >= 4 is 23.5 Å². The lowest BCUT2D eigenvalue weighted by atomic mass is 10.1. The van der Waals surface area contributed by atoms with Gasteiger partial charge in [0.1, 0.15) is 5.75 Å². The van der Waals surface area contributed by atoms with Crippen molar-refractivity contribution in [2.45, 2.75) is 20.8 Å². The summed E-state index contributed by atoms with van der Waals surface area (Å²) in [4.78, 5) is 16.7. The molecule has 0 saturated heterocycles. The molecule has 1 N–H and O–H groups in total. The highest BCUT2D eigenvalue weighted by molar-refractivity contribution is 5.92. The number of carbonyl (C=O) groups excluding carboxylic acids is 1. The predicted molar refractivity (Wildman–Crippen MR) is 115 cm³/mol. The molecule has 0 radical (unpaired) electrons. The fraction of sp³-hybridized carbons (Fsp3) is 0.167. The molecule has 142 valence electrons. The highest BCUT2D eigenvalue weighted by atomic mass is 16.5. The van der Waals surface area contributed by atoms with Crippen molar-refractivity contribution in [1.29, 1.82) is 0 Å². The van der Waals surface area contributed by atoms with Gasteiger partial charge in [0.05, 0.1) is 5.69 Å². The second kappa shape index (κ2) is 9.00. The van der Waals surface area contributed by atoms with E-state index in [1.807, 2.05) is 87.5 Å². The molecule has 0 aliphatic heterocycles.